The number of carbonyl (C=O) groups excluding carboxylic acids is 1. The van der Waals surface area contributed by atoms with E-state index >= 15 is 0 Å². The fraction of sp³-hybridized carbons (Fsp3) is 0.417. The van der Waals surface area contributed by atoms with E-state index in [0.717, 1.165) is 16.6 Å². The highest BCUT2D eigenvalue weighted by Crippen LogP contribution is 2.25. The van der Waals surface area contributed by atoms with Crippen molar-refractivity contribution in [3.05, 3.63) is 28.7 Å². The van der Waals surface area contributed by atoms with Gasteiger partial charge in [0.2, 0.25) is 0 Å². The number of ether oxygens (including phenoxy) is 1. The van der Waals surface area contributed by atoms with E-state index in [4.69, 9.17) is 4.74 Å². The van der Waals surface area contributed by atoms with Crippen molar-refractivity contribution in [2.75, 3.05) is 11.9 Å². The molecule has 0 saturated carbocycles. The summed E-state index contributed by atoms with van der Waals surface area (Å²) in [6.45, 7) is 2.71. The lowest BCUT2D eigenvalue weighted by Gasteiger charge is -2.15. The van der Waals surface area contributed by atoms with Crippen LogP contribution in [0, 0.1) is 5.92 Å². The Kier molecular flexibility index (Phi) is 3.61. The molecule has 0 spiro atoms. The third-order valence-corrected chi connectivity index (χ3v) is 3.47. The van der Waals surface area contributed by atoms with Gasteiger partial charge in [0.1, 0.15) is 6.10 Å². The summed E-state index contributed by atoms with van der Waals surface area (Å²) in [5, 5.41) is 2.87. The van der Waals surface area contributed by atoms with Crippen LogP contribution in [0.3, 0.4) is 0 Å². The first kappa shape index (κ1) is 11.6. The maximum absolute atomic E-state index is 11.9. The van der Waals surface area contributed by atoms with Gasteiger partial charge in [0.25, 0.3) is 5.91 Å². The second-order valence-corrected chi connectivity index (χ2v) is 4.88. The van der Waals surface area contributed by atoms with Crippen LogP contribution >= 0.6 is 15.9 Å². The molecule has 86 valence electrons. The van der Waals surface area contributed by atoms with E-state index in [2.05, 4.69) is 21.2 Å². The van der Waals surface area contributed by atoms with Gasteiger partial charge in [-0.15, -0.1) is 0 Å². The van der Waals surface area contributed by atoms with Crippen molar-refractivity contribution in [3.8, 4) is 0 Å². The number of amides is 1. The van der Waals surface area contributed by atoms with Crippen molar-refractivity contribution in [1.82, 2.24) is 0 Å². The number of rotatable bonds is 2. The van der Waals surface area contributed by atoms with Crippen LogP contribution in [0.1, 0.15) is 13.3 Å². The Hall–Kier alpha value is -0.870. The zero-order valence-corrected chi connectivity index (χ0v) is 10.7. The number of anilines is 1. The average Bonchev–Trinajstić information content (AvgIpc) is 2.68. The molecule has 1 N–H and O–H groups in total. The normalized spacial score (nSPS) is 24.4. The lowest BCUT2D eigenvalue weighted by molar-refractivity contribution is -0.126. The Morgan fingerprint density at radius 3 is 2.88 bits per heavy atom. The summed E-state index contributed by atoms with van der Waals surface area (Å²) >= 11 is 3.39. The number of hydrogen-bond acceptors (Lipinski definition) is 2. The zero-order chi connectivity index (χ0) is 11.5. The molecule has 1 aliphatic rings. The van der Waals surface area contributed by atoms with E-state index in [9.17, 15) is 4.79 Å². The van der Waals surface area contributed by atoms with Gasteiger partial charge in [0, 0.05) is 11.1 Å². The van der Waals surface area contributed by atoms with Crippen LogP contribution in [0.2, 0.25) is 0 Å². The Morgan fingerprint density at radius 2 is 2.25 bits per heavy atom. The summed E-state index contributed by atoms with van der Waals surface area (Å²) in [4.78, 5) is 11.9. The lowest BCUT2D eigenvalue weighted by atomic mass is 10.0. The van der Waals surface area contributed by atoms with Gasteiger partial charge in [-0.1, -0.05) is 19.1 Å². The van der Waals surface area contributed by atoms with Gasteiger partial charge in [-0.3, -0.25) is 4.79 Å². The summed E-state index contributed by atoms with van der Waals surface area (Å²) in [6, 6.07) is 7.56. The van der Waals surface area contributed by atoms with Crippen LogP contribution in [0.25, 0.3) is 0 Å². The first-order valence-electron chi connectivity index (χ1n) is 5.35. The first-order valence-corrected chi connectivity index (χ1v) is 6.15. The van der Waals surface area contributed by atoms with Crippen LogP contribution in [0.4, 0.5) is 5.69 Å². The van der Waals surface area contributed by atoms with Gasteiger partial charge < -0.3 is 10.1 Å². The molecule has 1 heterocycles. The number of carbonyl (C=O) groups is 1. The van der Waals surface area contributed by atoms with Crippen molar-refractivity contribution in [2.24, 2.45) is 5.92 Å². The van der Waals surface area contributed by atoms with E-state index in [1.54, 1.807) is 0 Å². The van der Waals surface area contributed by atoms with Gasteiger partial charge in [-0.25, -0.2) is 0 Å². The summed E-state index contributed by atoms with van der Waals surface area (Å²) in [6.07, 6.45) is 0.640. The molecule has 16 heavy (non-hydrogen) atoms. The fourth-order valence-electron chi connectivity index (χ4n) is 1.80. The van der Waals surface area contributed by atoms with Crippen LogP contribution < -0.4 is 5.32 Å². The topological polar surface area (TPSA) is 38.3 Å². The molecule has 1 amide bonds. The molecule has 4 heteroatoms. The van der Waals surface area contributed by atoms with Crippen molar-refractivity contribution in [2.45, 2.75) is 19.4 Å². The second kappa shape index (κ2) is 4.97. The van der Waals surface area contributed by atoms with Crippen molar-refractivity contribution < 1.29 is 9.53 Å². The highest BCUT2D eigenvalue weighted by Gasteiger charge is 2.30. The fourth-order valence-corrected chi connectivity index (χ4v) is 2.18. The molecular weight excluding hydrogens is 270 g/mol. The zero-order valence-electron chi connectivity index (χ0n) is 9.07. The molecule has 0 aromatic heterocycles. The molecule has 2 unspecified atom stereocenters. The molecule has 0 radical (unpaired) electrons. The monoisotopic (exact) mass is 283 g/mol. The highest BCUT2D eigenvalue weighted by atomic mass is 79.9. The third-order valence-electron chi connectivity index (χ3n) is 2.78. The minimum absolute atomic E-state index is 0.0584. The van der Waals surface area contributed by atoms with Crippen LogP contribution in [-0.2, 0) is 9.53 Å². The number of nitrogens with one attached hydrogen (secondary N) is 1. The predicted molar refractivity (Wildman–Crippen MR) is 66.3 cm³/mol. The standard InChI is InChI=1S/C12H14BrNO2/c1-8-6-7-16-11(8)12(15)14-10-5-3-2-4-9(10)13/h2-5,8,11H,6-7H2,1H3,(H,14,15). The predicted octanol–water partition coefficient (Wildman–Crippen LogP) is 2.81. The summed E-state index contributed by atoms with van der Waals surface area (Å²) < 4.78 is 6.30. The van der Waals surface area contributed by atoms with Crippen molar-refractivity contribution >= 4 is 27.5 Å². The quantitative estimate of drug-likeness (QED) is 0.907. The Labute approximate surface area is 103 Å². The molecule has 0 bridgehead atoms. The van der Waals surface area contributed by atoms with Crippen LogP contribution in [0.15, 0.2) is 28.7 Å². The van der Waals surface area contributed by atoms with Gasteiger partial charge in [0.15, 0.2) is 0 Å². The molecule has 2 rings (SSSR count). The van der Waals surface area contributed by atoms with E-state index in [1.807, 2.05) is 31.2 Å². The molecule has 1 aliphatic heterocycles. The first-order chi connectivity index (χ1) is 7.68. The second-order valence-electron chi connectivity index (χ2n) is 4.03. The Morgan fingerprint density at radius 1 is 1.50 bits per heavy atom. The molecule has 0 aliphatic carbocycles. The van der Waals surface area contributed by atoms with Gasteiger partial charge in [-0.2, -0.15) is 0 Å². The lowest BCUT2D eigenvalue weighted by Crippen LogP contribution is -2.31. The minimum atomic E-state index is -0.313. The van der Waals surface area contributed by atoms with E-state index in [-0.39, 0.29) is 12.0 Å². The Bertz CT molecular complexity index is 394. The number of hydrogen-bond donors (Lipinski definition) is 1. The summed E-state index contributed by atoms with van der Waals surface area (Å²) in [5.74, 6) is 0.236. The number of para-hydroxylation sites is 1. The maximum atomic E-state index is 11.9. The molecule has 1 aromatic carbocycles. The molecule has 1 aromatic rings. The molecule has 1 fully saturated rings. The molecule has 1 saturated heterocycles. The highest BCUT2D eigenvalue weighted by molar-refractivity contribution is 9.10. The van der Waals surface area contributed by atoms with Gasteiger partial charge in [0.05, 0.1) is 5.69 Å². The molecule has 2 atom stereocenters. The summed E-state index contributed by atoms with van der Waals surface area (Å²) in [5.41, 5.74) is 0.787. The van der Waals surface area contributed by atoms with Crippen LogP contribution in [-0.4, -0.2) is 18.6 Å². The largest absolute Gasteiger partial charge is 0.368 e. The van der Waals surface area contributed by atoms with E-state index in [1.165, 1.54) is 0 Å². The summed E-state index contributed by atoms with van der Waals surface area (Å²) in [7, 11) is 0. The number of benzene rings is 1. The maximum Gasteiger partial charge on any atom is 0.253 e. The SMILES string of the molecule is CC1CCOC1C(=O)Nc1ccccc1Br. The van der Waals surface area contributed by atoms with Gasteiger partial charge in [-0.05, 0) is 40.4 Å². The molecular formula is C12H14BrNO2. The van der Waals surface area contributed by atoms with E-state index in [0.29, 0.717) is 12.5 Å². The average molecular weight is 284 g/mol. The van der Waals surface area contributed by atoms with Crippen LogP contribution in [0.5, 0.6) is 0 Å². The smallest absolute Gasteiger partial charge is 0.253 e. The Balaban J connectivity index is 2.05. The third kappa shape index (κ3) is 2.44. The van der Waals surface area contributed by atoms with E-state index < -0.39 is 0 Å². The van der Waals surface area contributed by atoms with Crippen molar-refractivity contribution in [1.29, 1.82) is 0 Å². The van der Waals surface area contributed by atoms with Crippen molar-refractivity contribution in [3.63, 3.8) is 0 Å². The molecule has 3 nitrogen and oxygen atoms in total. The number of halogens is 1. The van der Waals surface area contributed by atoms with Gasteiger partial charge >= 0.3 is 0 Å². The minimum Gasteiger partial charge on any atom is -0.368 e.